The lowest BCUT2D eigenvalue weighted by molar-refractivity contribution is -0.385. The van der Waals surface area contributed by atoms with Gasteiger partial charge in [-0.25, -0.2) is 5.43 Å². The highest BCUT2D eigenvalue weighted by Crippen LogP contribution is 2.30. The van der Waals surface area contributed by atoms with Crippen molar-refractivity contribution in [2.24, 2.45) is 5.10 Å². The van der Waals surface area contributed by atoms with Crippen molar-refractivity contribution in [2.75, 3.05) is 0 Å². The number of halogens is 1. The van der Waals surface area contributed by atoms with Gasteiger partial charge in [-0.2, -0.15) is 10.2 Å². The van der Waals surface area contributed by atoms with E-state index in [1.54, 1.807) is 12.1 Å². The number of carbonyl (C=O) groups excluding carboxylic acids is 1. The summed E-state index contributed by atoms with van der Waals surface area (Å²) in [5, 5.41) is 28.8. The molecule has 1 amide bonds. The van der Waals surface area contributed by atoms with Crippen LogP contribution in [0.2, 0.25) is 5.02 Å². The molecular formula is C16H11ClN6O6. The number of hydrogen-bond donors (Lipinski definition) is 1. The van der Waals surface area contributed by atoms with Crippen molar-refractivity contribution in [3.8, 4) is 11.3 Å². The lowest BCUT2D eigenvalue weighted by Gasteiger charge is -1.99. The first kappa shape index (κ1) is 19.7. The van der Waals surface area contributed by atoms with Gasteiger partial charge in [0.2, 0.25) is 0 Å². The summed E-state index contributed by atoms with van der Waals surface area (Å²) in [5.41, 5.74) is 2.33. The fourth-order valence-electron chi connectivity index (χ4n) is 2.27. The van der Waals surface area contributed by atoms with Crippen LogP contribution in [0, 0.1) is 20.2 Å². The zero-order valence-electron chi connectivity index (χ0n) is 14.4. The molecule has 0 spiro atoms. The smallest absolute Gasteiger partial charge is 0.307 e. The molecular weight excluding hydrogens is 408 g/mol. The summed E-state index contributed by atoms with van der Waals surface area (Å²) in [4.78, 5) is 32.0. The standard InChI is InChI=1S/C16H11ClN6O6/c17-13-5-10(1-3-14(13)23(27)28)15-4-2-12(29-15)7-18-20-16(24)9-21-8-11(6-19-21)22(25)26/h1-8H,9H2,(H,20,24). The van der Waals surface area contributed by atoms with E-state index in [2.05, 4.69) is 15.6 Å². The van der Waals surface area contributed by atoms with Crippen molar-refractivity contribution in [3.05, 3.63) is 73.7 Å². The first-order valence-corrected chi connectivity index (χ1v) is 8.24. The maximum Gasteiger partial charge on any atom is 0.307 e. The minimum absolute atomic E-state index is 0.0229. The molecule has 1 aromatic carbocycles. The van der Waals surface area contributed by atoms with E-state index in [9.17, 15) is 25.0 Å². The quantitative estimate of drug-likeness (QED) is 0.350. The van der Waals surface area contributed by atoms with Crippen LogP contribution in [0.4, 0.5) is 11.4 Å². The number of carbonyl (C=O) groups is 1. The summed E-state index contributed by atoms with van der Waals surface area (Å²) >= 11 is 5.88. The van der Waals surface area contributed by atoms with E-state index < -0.39 is 15.8 Å². The molecule has 0 aliphatic carbocycles. The zero-order valence-corrected chi connectivity index (χ0v) is 15.1. The number of nitrogens with one attached hydrogen (secondary N) is 1. The van der Waals surface area contributed by atoms with Gasteiger partial charge in [0.25, 0.3) is 11.6 Å². The Bertz CT molecular complexity index is 1120. The van der Waals surface area contributed by atoms with Crippen molar-refractivity contribution >= 4 is 35.1 Å². The largest absolute Gasteiger partial charge is 0.455 e. The molecule has 148 valence electrons. The van der Waals surface area contributed by atoms with Crippen LogP contribution in [-0.2, 0) is 11.3 Å². The van der Waals surface area contributed by atoms with E-state index in [0.29, 0.717) is 17.1 Å². The molecule has 0 saturated carbocycles. The molecule has 29 heavy (non-hydrogen) atoms. The molecule has 3 rings (SSSR count). The third-order valence-electron chi connectivity index (χ3n) is 3.57. The van der Waals surface area contributed by atoms with Crippen molar-refractivity contribution < 1.29 is 19.1 Å². The molecule has 2 heterocycles. The second-order valence-electron chi connectivity index (χ2n) is 5.57. The van der Waals surface area contributed by atoms with Gasteiger partial charge in [0, 0.05) is 11.6 Å². The predicted molar refractivity (Wildman–Crippen MR) is 100 cm³/mol. The fraction of sp³-hybridized carbons (Fsp3) is 0.0625. The Kier molecular flexibility index (Phi) is 5.64. The molecule has 2 aromatic heterocycles. The molecule has 0 fully saturated rings. The summed E-state index contributed by atoms with van der Waals surface area (Å²) in [6, 6.07) is 7.37. The van der Waals surface area contributed by atoms with Crippen molar-refractivity contribution in [3.63, 3.8) is 0 Å². The molecule has 1 N–H and O–H groups in total. The maximum absolute atomic E-state index is 11.8. The minimum Gasteiger partial charge on any atom is -0.455 e. The second kappa shape index (κ2) is 8.31. The summed E-state index contributed by atoms with van der Waals surface area (Å²) in [7, 11) is 0. The van der Waals surface area contributed by atoms with Gasteiger partial charge in [-0.15, -0.1) is 0 Å². The zero-order chi connectivity index (χ0) is 21.0. The van der Waals surface area contributed by atoms with Gasteiger partial charge in [0.1, 0.15) is 35.5 Å². The SMILES string of the molecule is O=C(Cn1cc([N+](=O)[O-])cn1)NN=Cc1ccc(-c2ccc([N+](=O)[O-])c(Cl)c2)o1. The van der Waals surface area contributed by atoms with Crippen LogP contribution in [0.1, 0.15) is 5.76 Å². The van der Waals surface area contributed by atoms with E-state index in [1.165, 1.54) is 24.4 Å². The first-order chi connectivity index (χ1) is 13.8. The molecule has 0 atom stereocenters. The van der Waals surface area contributed by atoms with Gasteiger partial charge < -0.3 is 4.42 Å². The number of nitro groups is 2. The number of aromatic nitrogens is 2. The van der Waals surface area contributed by atoms with Gasteiger partial charge >= 0.3 is 5.69 Å². The number of benzene rings is 1. The Labute approximate surface area is 166 Å². The molecule has 0 aliphatic heterocycles. The topological polar surface area (TPSA) is 159 Å². The third kappa shape index (κ3) is 4.81. The summed E-state index contributed by atoms with van der Waals surface area (Å²) in [5.74, 6) is 0.163. The Balaban J connectivity index is 1.60. The highest BCUT2D eigenvalue weighted by molar-refractivity contribution is 6.32. The van der Waals surface area contributed by atoms with Crippen molar-refractivity contribution in [2.45, 2.75) is 6.54 Å². The summed E-state index contributed by atoms with van der Waals surface area (Å²) in [6.45, 7) is -0.254. The Morgan fingerprint density at radius 2 is 2.07 bits per heavy atom. The lowest BCUT2D eigenvalue weighted by Crippen LogP contribution is -2.23. The molecule has 0 aliphatic rings. The number of furan rings is 1. The Hall–Kier alpha value is -4.06. The van der Waals surface area contributed by atoms with Crippen LogP contribution in [0.3, 0.4) is 0 Å². The van der Waals surface area contributed by atoms with Crippen LogP contribution in [0.15, 0.2) is 52.2 Å². The monoisotopic (exact) mass is 418 g/mol. The average molecular weight is 419 g/mol. The fourth-order valence-corrected chi connectivity index (χ4v) is 2.52. The normalized spacial score (nSPS) is 10.9. The van der Waals surface area contributed by atoms with Crippen LogP contribution >= 0.6 is 11.6 Å². The van der Waals surface area contributed by atoms with Crippen LogP contribution in [0.5, 0.6) is 0 Å². The number of nitrogens with zero attached hydrogens (tertiary/aromatic N) is 5. The predicted octanol–water partition coefficient (Wildman–Crippen LogP) is 2.76. The molecule has 12 nitrogen and oxygen atoms in total. The van der Waals surface area contributed by atoms with E-state index in [-0.39, 0.29) is 22.9 Å². The molecule has 0 bridgehead atoms. The Morgan fingerprint density at radius 1 is 1.28 bits per heavy atom. The minimum atomic E-state index is -0.619. The number of amides is 1. The molecule has 13 heteroatoms. The molecule has 0 unspecified atom stereocenters. The number of hydrogen-bond acceptors (Lipinski definition) is 8. The lowest BCUT2D eigenvalue weighted by atomic mass is 10.1. The van der Waals surface area contributed by atoms with E-state index in [4.69, 9.17) is 16.0 Å². The van der Waals surface area contributed by atoms with Gasteiger partial charge in [0.05, 0.1) is 16.1 Å². The number of rotatable bonds is 7. The van der Waals surface area contributed by atoms with Crippen molar-refractivity contribution in [1.82, 2.24) is 15.2 Å². The van der Waals surface area contributed by atoms with Gasteiger partial charge in [-0.1, -0.05) is 11.6 Å². The van der Waals surface area contributed by atoms with Crippen molar-refractivity contribution in [1.29, 1.82) is 0 Å². The summed E-state index contributed by atoms with van der Waals surface area (Å²) in [6.07, 6.45) is 3.41. The van der Waals surface area contributed by atoms with Gasteiger partial charge in [0.15, 0.2) is 0 Å². The van der Waals surface area contributed by atoms with E-state index in [0.717, 1.165) is 17.1 Å². The van der Waals surface area contributed by atoms with Crippen LogP contribution in [0.25, 0.3) is 11.3 Å². The average Bonchev–Trinajstić information content (AvgIpc) is 3.31. The number of hydrazone groups is 1. The molecule has 0 saturated heterocycles. The third-order valence-corrected chi connectivity index (χ3v) is 3.88. The van der Waals surface area contributed by atoms with E-state index in [1.807, 2.05) is 0 Å². The number of nitro benzene ring substituents is 1. The Morgan fingerprint density at radius 3 is 2.72 bits per heavy atom. The van der Waals surface area contributed by atoms with Gasteiger partial charge in [-0.3, -0.25) is 29.7 Å². The van der Waals surface area contributed by atoms with Crippen LogP contribution < -0.4 is 5.43 Å². The first-order valence-electron chi connectivity index (χ1n) is 7.86. The second-order valence-corrected chi connectivity index (χ2v) is 5.98. The maximum atomic E-state index is 11.8. The summed E-state index contributed by atoms with van der Waals surface area (Å²) < 4.78 is 6.64. The highest BCUT2D eigenvalue weighted by Gasteiger charge is 2.14. The van der Waals surface area contributed by atoms with E-state index >= 15 is 0 Å². The molecule has 0 radical (unpaired) electrons. The molecule has 3 aromatic rings. The highest BCUT2D eigenvalue weighted by atomic mass is 35.5. The van der Waals surface area contributed by atoms with Gasteiger partial charge in [-0.05, 0) is 24.3 Å². The van der Waals surface area contributed by atoms with Crippen LogP contribution in [-0.4, -0.2) is 31.7 Å².